The molecule has 1 aromatic carbocycles. The Morgan fingerprint density at radius 2 is 1.89 bits per heavy atom. The molecule has 3 N–H and O–H groups in total. The summed E-state index contributed by atoms with van der Waals surface area (Å²) in [7, 11) is 0. The highest BCUT2D eigenvalue weighted by Crippen LogP contribution is 2.31. The molecule has 0 saturated heterocycles. The summed E-state index contributed by atoms with van der Waals surface area (Å²) >= 11 is 0. The van der Waals surface area contributed by atoms with E-state index in [0.29, 0.717) is 5.76 Å². The number of aliphatic hydroxyl groups excluding tert-OH is 1. The Balaban J connectivity index is 2.25. The first-order valence-corrected chi connectivity index (χ1v) is 5.81. The van der Waals surface area contributed by atoms with Gasteiger partial charge in [-0.1, -0.05) is 12.1 Å². The zero-order valence-electron chi connectivity index (χ0n) is 10.1. The van der Waals surface area contributed by atoms with Crippen molar-refractivity contribution in [3.8, 4) is 0 Å². The lowest BCUT2D eigenvalue weighted by molar-refractivity contribution is 0.120. The predicted molar refractivity (Wildman–Crippen MR) is 66.6 cm³/mol. The number of aryl methyl sites for hydroxylation is 1. The van der Waals surface area contributed by atoms with E-state index in [0.717, 1.165) is 11.3 Å². The molecule has 0 aliphatic rings. The molecule has 0 bridgehead atoms. The van der Waals surface area contributed by atoms with Crippen LogP contribution in [0.25, 0.3) is 0 Å². The van der Waals surface area contributed by atoms with Gasteiger partial charge in [0.2, 0.25) is 0 Å². The summed E-state index contributed by atoms with van der Waals surface area (Å²) in [4.78, 5) is 0. The Hall–Kier alpha value is -1.65. The normalized spacial score (nSPS) is 14.4. The van der Waals surface area contributed by atoms with Crippen molar-refractivity contribution in [2.24, 2.45) is 5.73 Å². The zero-order chi connectivity index (χ0) is 13.1. The summed E-state index contributed by atoms with van der Waals surface area (Å²) in [6.07, 6.45) is -0.825. The van der Waals surface area contributed by atoms with Crippen LogP contribution in [0, 0.1) is 12.7 Å². The van der Waals surface area contributed by atoms with Crippen LogP contribution in [0.3, 0.4) is 0 Å². The van der Waals surface area contributed by atoms with Gasteiger partial charge in [0.25, 0.3) is 0 Å². The fourth-order valence-corrected chi connectivity index (χ4v) is 1.97. The van der Waals surface area contributed by atoms with Gasteiger partial charge < -0.3 is 15.3 Å². The minimum absolute atomic E-state index is 0.256. The van der Waals surface area contributed by atoms with Gasteiger partial charge in [0, 0.05) is 12.5 Å². The van der Waals surface area contributed by atoms with Crippen molar-refractivity contribution in [1.29, 1.82) is 0 Å². The SMILES string of the molecule is Cc1ccc(C(O)C(CN)c2ccc(F)cc2)o1. The maximum absolute atomic E-state index is 12.9. The van der Waals surface area contributed by atoms with E-state index in [1.165, 1.54) is 12.1 Å². The van der Waals surface area contributed by atoms with Crippen LogP contribution >= 0.6 is 0 Å². The topological polar surface area (TPSA) is 59.4 Å². The smallest absolute Gasteiger partial charge is 0.133 e. The van der Waals surface area contributed by atoms with Crippen LogP contribution in [-0.4, -0.2) is 11.7 Å². The quantitative estimate of drug-likeness (QED) is 0.875. The molecule has 0 spiro atoms. The van der Waals surface area contributed by atoms with E-state index in [1.54, 1.807) is 24.3 Å². The number of rotatable bonds is 4. The maximum atomic E-state index is 12.9. The Bertz CT molecular complexity index is 507. The van der Waals surface area contributed by atoms with E-state index in [-0.39, 0.29) is 18.3 Å². The van der Waals surface area contributed by atoms with E-state index in [9.17, 15) is 9.50 Å². The molecular weight excluding hydrogens is 233 g/mol. The summed E-state index contributed by atoms with van der Waals surface area (Å²) in [5, 5.41) is 10.2. The molecule has 0 amide bonds. The average molecular weight is 249 g/mol. The van der Waals surface area contributed by atoms with Gasteiger partial charge in [0.1, 0.15) is 23.4 Å². The third-order valence-corrected chi connectivity index (χ3v) is 2.99. The maximum Gasteiger partial charge on any atom is 0.133 e. The molecule has 2 rings (SSSR count). The number of aliphatic hydroxyl groups is 1. The van der Waals surface area contributed by atoms with Crippen LogP contribution in [0.15, 0.2) is 40.8 Å². The molecule has 0 aliphatic carbocycles. The highest BCUT2D eigenvalue weighted by Gasteiger charge is 2.24. The largest absolute Gasteiger partial charge is 0.464 e. The van der Waals surface area contributed by atoms with Crippen LogP contribution in [0.4, 0.5) is 4.39 Å². The van der Waals surface area contributed by atoms with Gasteiger partial charge in [-0.25, -0.2) is 4.39 Å². The van der Waals surface area contributed by atoms with Crippen molar-refractivity contribution >= 4 is 0 Å². The molecule has 0 saturated carbocycles. The summed E-state index contributed by atoms with van der Waals surface area (Å²) in [6, 6.07) is 9.50. The Kier molecular flexibility index (Phi) is 3.79. The van der Waals surface area contributed by atoms with Crippen LogP contribution in [0.2, 0.25) is 0 Å². The fraction of sp³-hybridized carbons (Fsp3) is 0.286. The summed E-state index contributed by atoms with van der Waals surface area (Å²) in [5.41, 5.74) is 6.48. The molecule has 1 aromatic heterocycles. The third kappa shape index (κ3) is 2.60. The minimum atomic E-state index is -0.825. The number of benzene rings is 1. The van der Waals surface area contributed by atoms with Crippen LogP contribution in [0.1, 0.15) is 29.1 Å². The van der Waals surface area contributed by atoms with Gasteiger partial charge in [-0.3, -0.25) is 0 Å². The van der Waals surface area contributed by atoms with Crippen molar-refractivity contribution in [2.45, 2.75) is 18.9 Å². The zero-order valence-corrected chi connectivity index (χ0v) is 10.1. The number of hydrogen-bond donors (Lipinski definition) is 2. The molecule has 3 nitrogen and oxygen atoms in total. The number of hydrogen-bond acceptors (Lipinski definition) is 3. The van der Waals surface area contributed by atoms with Gasteiger partial charge in [-0.2, -0.15) is 0 Å². The molecular formula is C14H16FNO2. The molecule has 0 fully saturated rings. The van der Waals surface area contributed by atoms with Crippen molar-refractivity contribution in [1.82, 2.24) is 0 Å². The predicted octanol–water partition coefficient (Wildman–Crippen LogP) is 2.50. The van der Waals surface area contributed by atoms with E-state index >= 15 is 0 Å². The third-order valence-electron chi connectivity index (χ3n) is 2.99. The van der Waals surface area contributed by atoms with Crippen molar-refractivity contribution in [3.63, 3.8) is 0 Å². The van der Waals surface area contributed by atoms with Crippen LogP contribution < -0.4 is 5.73 Å². The van der Waals surface area contributed by atoms with E-state index in [4.69, 9.17) is 10.2 Å². The average Bonchev–Trinajstić information content (AvgIpc) is 2.79. The first kappa shape index (κ1) is 12.8. The van der Waals surface area contributed by atoms with E-state index in [2.05, 4.69) is 0 Å². The molecule has 18 heavy (non-hydrogen) atoms. The van der Waals surface area contributed by atoms with Gasteiger partial charge >= 0.3 is 0 Å². The van der Waals surface area contributed by atoms with Gasteiger partial charge in [0.15, 0.2) is 0 Å². The lowest BCUT2D eigenvalue weighted by Gasteiger charge is -2.20. The molecule has 96 valence electrons. The Labute approximate surface area is 105 Å². The van der Waals surface area contributed by atoms with Crippen LogP contribution in [-0.2, 0) is 0 Å². The van der Waals surface area contributed by atoms with Crippen molar-refractivity contribution < 1.29 is 13.9 Å². The van der Waals surface area contributed by atoms with E-state index < -0.39 is 6.10 Å². The second-order valence-corrected chi connectivity index (χ2v) is 4.29. The van der Waals surface area contributed by atoms with E-state index in [1.807, 2.05) is 6.92 Å². The molecule has 4 heteroatoms. The van der Waals surface area contributed by atoms with Crippen molar-refractivity contribution in [2.75, 3.05) is 6.54 Å². The first-order valence-electron chi connectivity index (χ1n) is 5.81. The Morgan fingerprint density at radius 1 is 1.22 bits per heavy atom. The summed E-state index contributed by atoms with van der Waals surface area (Å²) in [6.45, 7) is 2.07. The van der Waals surface area contributed by atoms with Crippen LogP contribution in [0.5, 0.6) is 0 Å². The molecule has 2 atom stereocenters. The van der Waals surface area contributed by atoms with Gasteiger partial charge in [0.05, 0.1) is 0 Å². The summed E-state index contributed by atoms with van der Waals surface area (Å²) < 4.78 is 18.3. The second kappa shape index (κ2) is 5.33. The fourth-order valence-electron chi connectivity index (χ4n) is 1.97. The highest BCUT2D eigenvalue weighted by atomic mass is 19.1. The molecule has 1 heterocycles. The minimum Gasteiger partial charge on any atom is -0.464 e. The monoisotopic (exact) mass is 249 g/mol. The number of furan rings is 1. The van der Waals surface area contributed by atoms with Crippen molar-refractivity contribution in [3.05, 3.63) is 59.3 Å². The molecule has 0 aliphatic heterocycles. The second-order valence-electron chi connectivity index (χ2n) is 4.29. The molecule has 0 radical (unpaired) electrons. The highest BCUT2D eigenvalue weighted by molar-refractivity contribution is 5.24. The van der Waals surface area contributed by atoms with Gasteiger partial charge in [-0.05, 0) is 36.8 Å². The lowest BCUT2D eigenvalue weighted by atomic mass is 9.92. The molecule has 2 aromatic rings. The number of nitrogens with two attached hydrogens (primary N) is 1. The number of halogens is 1. The standard InChI is InChI=1S/C14H16FNO2/c1-9-2-7-13(18-9)14(17)12(8-16)10-3-5-11(15)6-4-10/h2-7,12,14,17H,8,16H2,1H3. The summed E-state index contributed by atoms with van der Waals surface area (Å²) in [5.74, 6) is 0.597. The lowest BCUT2D eigenvalue weighted by Crippen LogP contribution is -2.19. The Morgan fingerprint density at radius 3 is 2.39 bits per heavy atom. The molecule has 2 unspecified atom stereocenters. The first-order chi connectivity index (χ1) is 8.61. The van der Waals surface area contributed by atoms with Gasteiger partial charge in [-0.15, -0.1) is 0 Å².